The first kappa shape index (κ1) is 14.8. The summed E-state index contributed by atoms with van der Waals surface area (Å²) in [6.45, 7) is 1.92. The van der Waals surface area contributed by atoms with Gasteiger partial charge in [0, 0.05) is 18.0 Å². The lowest BCUT2D eigenvalue weighted by atomic mass is 10.1. The van der Waals surface area contributed by atoms with Crippen molar-refractivity contribution in [2.45, 2.75) is 13.3 Å². The summed E-state index contributed by atoms with van der Waals surface area (Å²) in [6, 6.07) is 5.34. The fraction of sp³-hybridized carbons (Fsp3) is 0.267. The molecule has 1 N–H and O–H groups in total. The van der Waals surface area contributed by atoms with E-state index < -0.39 is 0 Å². The van der Waals surface area contributed by atoms with Crippen LogP contribution in [0, 0.1) is 6.92 Å². The molecule has 2 aromatic rings. The lowest BCUT2D eigenvalue weighted by Crippen LogP contribution is -2.16. The quantitative estimate of drug-likeness (QED) is 0.910. The van der Waals surface area contributed by atoms with Gasteiger partial charge in [-0.3, -0.25) is 10.1 Å². The van der Waals surface area contributed by atoms with Gasteiger partial charge in [-0.1, -0.05) is 0 Å². The molecule has 0 spiro atoms. The summed E-state index contributed by atoms with van der Waals surface area (Å²) in [4.78, 5) is 20.0. The fourth-order valence-corrected chi connectivity index (χ4v) is 1.96. The van der Waals surface area contributed by atoms with Gasteiger partial charge in [0.15, 0.2) is 0 Å². The van der Waals surface area contributed by atoms with E-state index in [4.69, 9.17) is 9.47 Å². The number of carbonyl (C=O) groups is 1. The van der Waals surface area contributed by atoms with Gasteiger partial charge < -0.3 is 9.47 Å². The summed E-state index contributed by atoms with van der Waals surface area (Å²) in [5.41, 5.74) is 1.69. The number of aryl methyl sites for hydroxylation is 1. The third kappa shape index (κ3) is 3.68. The molecule has 1 aromatic carbocycles. The number of carbonyl (C=O) groups excluding carboxylic acids is 1. The molecule has 21 heavy (non-hydrogen) atoms. The maximum atomic E-state index is 12.0. The van der Waals surface area contributed by atoms with Gasteiger partial charge in [0.05, 0.1) is 20.6 Å². The first-order valence-electron chi connectivity index (χ1n) is 6.42. The van der Waals surface area contributed by atoms with Crippen LogP contribution in [0.15, 0.2) is 30.6 Å². The average molecular weight is 287 g/mol. The molecule has 2 rings (SSSR count). The maximum absolute atomic E-state index is 12.0. The molecular formula is C15H17N3O3. The third-order valence-electron chi connectivity index (χ3n) is 2.97. The minimum Gasteiger partial charge on any atom is -0.496 e. The molecule has 0 fully saturated rings. The smallest absolute Gasteiger partial charge is 0.231 e. The van der Waals surface area contributed by atoms with Crippen LogP contribution in [0.5, 0.6) is 11.5 Å². The minimum absolute atomic E-state index is 0.151. The second kappa shape index (κ2) is 6.69. The van der Waals surface area contributed by atoms with E-state index in [1.165, 1.54) is 0 Å². The van der Waals surface area contributed by atoms with E-state index in [2.05, 4.69) is 15.3 Å². The number of nitrogens with zero attached hydrogens (tertiary/aromatic N) is 2. The van der Waals surface area contributed by atoms with Crippen LogP contribution < -0.4 is 14.8 Å². The molecule has 0 saturated heterocycles. The zero-order valence-corrected chi connectivity index (χ0v) is 12.2. The molecule has 1 amide bonds. The average Bonchev–Trinajstić information content (AvgIpc) is 2.49. The van der Waals surface area contributed by atoms with E-state index >= 15 is 0 Å². The van der Waals surface area contributed by atoms with Crippen molar-refractivity contribution in [3.63, 3.8) is 0 Å². The molecule has 1 aromatic heterocycles. The highest BCUT2D eigenvalue weighted by Gasteiger charge is 2.13. The Bertz CT molecular complexity index is 630. The maximum Gasteiger partial charge on any atom is 0.231 e. The van der Waals surface area contributed by atoms with E-state index in [0.29, 0.717) is 5.75 Å². The summed E-state index contributed by atoms with van der Waals surface area (Å²) in [5, 5.41) is 2.64. The summed E-state index contributed by atoms with van der Waals surface area (Å²) in [6.07, 6.45) is 3.29. The summed E-state index contributed by atoms with van der Waals surface area (Å²) < 4.78 is 10.6. The second-order valence-electron chi connectivity index (χ2n) is 4.43. The number of hydrogen-bond donors (Lipinski definition) is 1. The van der Waals surface area contributed by atoms with E-state index in [-0.39, 0.29) is 18.3 Å². The van der Waals surface area contributed by atoms with Crippen molar-refractivity contribution in [1.29, 1.82) is 0 Å². The van der Waals surface area contributed by atoms with Crippen molar-refractivity contribution in [3.8, 4) is 11.5 Å². The number of methoxy groups -OCH3 is 2. The number of nitrogens with one attached hydrogen (secondary N) is 1. The van der Waals surface area contributed by atoms with Crippen molar-refractivity contribution < 1.29 is 14.3 Å². The lowest BCUT2D eigenvalue weighted by Gasteiger charge is -2.12. The summed E-state index contributed by atoms with van der Waals surface area (Å²) in [5.74, 6) is 1.43. The van der Waals surface area contributed by atoms with Crippen LogP contribution in [0.4, 0.5) is 5.95 Å². The highest BCUT2D eigenvalue weighted by molar-refractivity contribution is 5.91. The molecule has 0 aliphatic rings. The van der Waals surface area contributed by atoms with Gasteiger partial charge in [0.25, 0.3) is 0 Å². The first-order chi connectivity index (χ1) is 10.1. The molecule has 0 radical (unpaired) electrons. The number of ether oxygens (including phenoxy) is 2. The molecule has 0 aliphatic heterocycles. The summed E-state index contributed by atoms with van der Waals surface area (Å²) >= 11 is 0. The van der Waals surface area contributed by atoms with Crippen molar-refractivity contribution in [1.82, 2.24) is 9.97 Å². The molecule has 0 bridgehead atoms. The van der Waals surface area contributed by atoms with E-state index in [1.807, 2.05) is 13.0 Å². The van der Waals surface area contributed by atoms with Crippen LogP contribution in [-0.4, -0.2) is 30.1 Å². The zero-order chi connectivity index (χ0) is 15.2. The van der Waals surface area contributed by atoms with Gasteiger partial charge in [0.2, 0.25) is 11.9 Å². The lowest BCUT2D eigenvalue weighted by molar-refractivity contribution is -0.115. The van der Waals surface area contributed by atoms with Gasteiger partial charge in [-0.25, -0.2) is 9.97 Å². The van der Waals surface area contributed by atoms with Crippen LogP contribution in [0.25, 0.3) is 0 Å². The Morgan fingerprint density at radius 3 is 2.43 bits per heavy atom. The Hall–Kier alpha value is -2.63. The largest absolute Gasteiger partial charge is 0.496 e. The fourth-order valence-electron chi connectivity index (χ4n) is 1.96. The van der Waals surface area contributed by atoms with Gasteiger partial charge in [-0.15, -0.1) is 0 Å². The Morgan fingerprint density at radius 2 is 1.81 bits per heavy atom. The molecular weight excluding hydrogens is 270 g/mol. The summed E-state index contributed by atoms with van der Waals surface area (Å²) in [7, 11) is 3.17. The van der Waals surface area contributed by atoms with Gasteiger partial charge in [-0.05, 0) is 30.7 Å². The van der Waals surface area contributed by atoms with E-state index in [0.717, 1.165) is 16.9 Å². The standard InChI is InChI=1S/C15H17N3O3/c1-10-7-13(21-3)11(8-12(10)20-2)9-14(19)18-15-16-5-4-6-17-15/h4-8H,9H2,1-3H3,(H,16,17,18,19). The van der Waals surface area contributed by atoms with Crippen molar-refractivity contribution in [2.75, 3.05) is 19.5 Å². The SMILES string of the molecule is COc1cc(CC(=O)Nc2ncccn2)c(OC)cc1C. The Labute approximate surface area is 123 Å². The number of hydrogen-bond acceptors (Lipinski definition) is 5. The van der Waals surface area contributed by atoms with Gasteiger partial charge in [-0.2, -0.15) is 0 Å². The first-order valence-corrected chi connectivity index (χ1v) is 6.42. The monoisotopic (exact) mass is 287 g/mol. The van der Waals surface area contributed by atoms with Gasteiger partial charge in [0.1, 0.15) is 11.5 Å². The molecule has 1 heterocycles. The third-order valence-corrected chi connectivity index (χ3v) is 2.97. The van der Waals surface area contributed by atoms with Crippen LogP contribution in [0.2, 0.25) is 0 Å². The molecule has 6 nitrogen and oxygen atoms in total. The normalized spacial score (nSPS) is 10.0. The number of rotatable bonds is 5. The molecule has 0 atom stereocenters. The zero-order valence-electron chi connectivity index (χ0n) is 12.2. The van der Waals surface area contributed by atoms with E-state index in [9.17, 15) is 4.79 Å². The van der Waals surface area contributed by atoms with Crippen LogP contribution in [0.3, 0.4) is 0 Å². The molecule has 0 unspecified atom stereocenters. The van der Waals surface area contributed by atoms with Gasteiger partial charge >= 0.3 is 0 Å². The van der Waals surface area contributed by atoms with Crippen molar-refractivity contribution in [3.05, 3.63) is 41.7 Å². The van der Waals surface area contributed by atoms with Crippen LogP contribution in [0.1, 0.15) is 11.1 Å². The Morgan fingerprint density at radius 1 is 1.14 bits per heavy atom. The predicted octanol–water partition coefficient (Wildman–Crippen LogP) is 1.98. The van der Waals surface area contributed by atoms with Crippen LogP contribution in [-0.2, 0) is 11.2 Å². The Balaban J connectivity index is 2.16. The van der Waals surface area contributed by atoms with Crippen LogP contribution >= 0.6 is 0 Å². The minimum atomic E-state index is -0.217. The number of amides is 1. The number of aromatic nitrogens is 2. The number of anilines is 1. The molecule has 110 valence electrons. The Kier molecular flexibility index (Phi) is 4.71. The highest BCUT2D eigenvalue weighted by atomic mass is 16.5. The number of benzene rings is 1. The highest BCUT2D eigenvalue weighted by Crippen LogP contribution is 2.28. The van der Waals surface area contributed by atoms with Crippen molar-refractivity contribution in [2.24, 2.45) is 0 Å². The molecule has 0 saturated carbocycles. The topological polar surface area (TPSA) is 73.3 Å². The predicted molar refractivity (Wildman–Crippen MR) is 78.6 cm³/mol. The van der Waals surface area contributed by atoms with E-state index in [1.54, 1.807) is 38.7 Å². The van der Waals surface area contributed by atoms with Crippen molar-refractivity contribution >= 4 is 11.9 Å². The molecule has 0 aliphatic carbocycles. The second-order valence-corrected chi connectivity index (χ2v) is 4.43. The molecule has 6 heteroatoms.